The van der Waals surface area contributed by atoms with Gasteiger partial charge in [0.05, 0.1) is 0 Å². The van der Waals surface area contributed by atoms with Gasteiger partial charge in [-0.1, -0.05) is 89.7 Å². The maximum Gasteiger partial charge on any atom is 0.194 e. The lowest BCUT2D eigenvalue weighted by Crippen LogP contribution is -2.20. The Bertz CT molecular complexity index is 1440. The van der Waals surface area contributed by atoms with Crippen LogP contribution in [0.2, 0.25) is 0 Å². The third-order valence-electron chi connectivity index (χ3n) is 7.15. The van der Waals surface area contributed by atoms with E-state index in [0.717, 1.165) is 56.8 Å². The summed E-state index contributed by atoms with van der Waals surface area (Å²) >= 11 is 3.10. The van der Waals surface area contributed by atoms with Crippen molar-refractivity contribution in [3.63, 3.8) is 0 Å². The minimum atomic E-state index is -0.219. The monoisotopic (exact) mass is 612 g/mol. The van der Waals surface area contributed by atoms with Crippen LogP contribution in [-0.4, -0.2) is 28.3 Å². The molecule has 0 radical (unpaired) electrons. The molecule has 0 aliphatic heterocycles. The molecule has 0 fully saturated rings. The van der Waals surface area contributed by atoms with Gasteiger partial charge in [-0.3, -0.25) is 4.79 Å². The van der Waals surface area contributed by atoms with E-state index in [1.54, 1.807) is 11.8 Å². The molecule has 4 rings (SSSR count). The number of hydrogen-bond donors (Lipinski definition) is 2. The standard InChI is InChI=1S/C37H44N2O2S2/c1-36(2,3)32-25-31(26-33(35(32)41)37(4,5)6)43-34(40)21-23-42-24-22-39(29-15-11-8-12-16-29)30-19-17-28(18-20-30)38-27-13-9-7-10-14-27/h7-20,25-26,38,41H,21-24H2,1-6H3. The number of phenolic OH excluding ortho intramolecular Hbond substituents is 1. The van der Waals surface area contributed by atoms with Gasteiger partial charge in [-0.15, -0.1) is 0 Å². The summed E-state index contributed by atoms with van der Waals surface area (Å²) in [5.74, 6) is 2.01. The second-order valence-electron chi connectivity index (χ2n) is 12.7. The quantitative estimate of drug-likeness (QED) is 0.130. The number of carbonyl (C=O) groups is 1. The largest absolute Gasteiger partial charge is 0.507 e. The third-order valence-corrected chi connectivity index (χ3v) is 9.02. The lowest BCUT2D eigenvalue weighted by atomic mass is 9.79. The first kappa shape index (κ1) is 32.6. The molecular formula is C37H44N2O2S2. The van der Waals surface area contributed by atoms with Crippen LogP contribution in [0, 0.1) is 0 Å². The maximum atomic E-state index is 13.0. The van der Waals surface area contributed by atoms with Crippen molar-refractivity contribution in [3.05, 3.63) is 108 Å². The van der Waals surface area contributed by atoms with Gasteiger partial charge >= 0.3 is 0 Å². The number of rotatable bonds is 11. The Hall–Kier alpha value is -3.35. The van der Waals surface area contributed by atoms with Crippen LogP contribution < -0.4 is 10.2 Å². The molecule has 0 aromatic heterocycles. The number of para-hydroxylation sites is 2. The molecule has 0 amide bonds. The average molecular weight is 613 g/mol. The Balaban J connectivity index is 1.34. The minimum absolute atomic E-state index is 0.152. The molecule has 4 nitrogen and oxygen atoms in total. The molecule has 0 saturated heterocycles. The van der Waals surface area contributed by atoms with Crippen LogP contribution >= 0.6 is 23.5 Å². The van der Waals surface area contributed by atoms with Gasteiger partial charge in [0.25, 0.3) is 0 Å². The second kappa shape index (κ2) is 14.4. The van der Waals surface area contributed by atoms with Crippen molar-refractivity contribution in [3.8, 4) is 5.75 Å². The van der Waals surface area contributed by atoms with E-state index in [1.165, 1.54) is 11.8 Å². The summed E-state index contributed by atoms with van der Waals surface area (Å²) in [6.45, 7) is 13.4. The number of benzene rings is 4. The Kier molecular flexibility index (Phi) is 10.9. The minimum Gasteiger partial charge on any atom is -0.507 e. The summed E-state index contributed by atoms with van der Waals surface area (Å²) in [4.78, 5) is 16.2. The van der Waals surface area contributed by atoms with Crippen LogP contribution in [0.3, 0.4) is 0 Å². The van der Waals surface area contributed by atoms with Crippen LogP contribution in [0.1, 0.15) is 59.1 Å². The molecular weight excluding hydrogens is 569 g/mol. The molecule has 0 aliphatic rings. The second-order valence-corrected chi connectivity index (χ2v) is 15.1. The highest BCUT2D eigenvalue weighted by atomic mass is 32.2. The number of carbonyl (C=O) groups excluding carboxylic acids is 1. The van der Waals surface area contributed by atoms with E-state index in [9.17, 15) is 9.90 Å². The van der Waals surface area contributed by atoms with Crippen LogP contribution in [0.25, 0.3) is 0 Å². The van der Waals surface area contributed by atoms with Crippen molar-refractivity contribution in [2.24, 2.45) is 0 Å². The zero-order valence-corrected chi connectivity index (χ0v) is 27.8. The van der Waals surface area contributed by atoms with E-state index in [2.05, 4.69) is 112 Å². The van der Waals surface area contributed by atoms with Gasteiger partial charge in [-0.25, -0.2) is 0 Å². The molecule has 43 heavy (non-hydrogen) atoms. The van der Waals surface area contributed by atoms with Crippen molar-refractivity contribution >= 4 is 51.4 Å². The molecule has 0 saturated carbocycles. The van der Waals surface area contributed by atoms with Gasteiger partial charge in [-0.05, 0) is 71.5 Å². The zero-order chi connectivity index (χ0) is 31.0. The number of anilines is 4. The Morgan fingerprint density at radius 2 is 1.23 bits per heavy atom. The molecule has 0 unspecified atom stereocenters. The van der Waals surface area contributed by atoms with Crippen LogP contribution in [0.5, 0.6) is 5.75 Å². The third kappa shape index (κ3) is 9.32. The van der Waals surface area contributed by atoms with Gasteiger partial charge in [0.1, 0.15) is 5.75 Å². The fraction of sp³-hybridized carbons (Fsp3) is 0.324. The van der Waals surface area contributed by atoms with Gasteiger partial charge in [0, 0.05) is 63.2 Å². The van der Waals surface area contributed by atoms with E-state index >= 15 is 0 Å². The normalized spacial score (nSPS) is 11.8. The SMILES string of the molecule is CC(C)(C)c1cc(SC(=O)CCSCCN(c2ccccc2)c2ccc(Nc3ccccc3)cc2)cc(C(C)(C)C)c1O. The molecule has 226 valence electrons. The van der Waals surface area contributed by atoms with E-state index < -0.39 is 0 Å². The summed E-state index contributed by atoms with van der Waals surface area (Å²) in [5.41, 5.74) is 5.72. The fourth-order valence-electron chi connectivity index (χ4n) is 4.83. The highest BCUT2D eigenvalue weighted by molar-refractivity contribution is 8.13. The fourth-order valence-corrected chi connectivity index (χ4v) is 6.63. The number of thioether (sulfide) groups is 2. The van der Waals surface area contributed by atoms with Gasteiger partial charge in [0.2, 0.25) is 0 Å². The summed E-state index contributed by atoms with van der Waals surface area (Å²) in [6, 6.07) is 33.1. The van der Waals surface area contributed by atoms with Crippen molar-refractivity contribution in [2.75, 3.05) is 28.3 Å². The summed E-state index contributed by atoms with van der Waals surface area (Å²) in [5, 5.41) is 14.6. The number of nitrogens with one attached hydrogen (secondary N) is 1. The first-order valence-electron chi connectivity index (χ1n) is 14.8. The summed E-state index contributed by atoms with van der Waals surface area (Å²) in [7, 11) is 0. The lowest BCUT2D eigenvalue weighted by Gasteiger charge is -2.28. The van der Waals surface area contributed by atoms with Crippen molar-refractivity contribution in [2.45, 2.75) is 63.7 Å². The predicted molar refractivity (Wildman–Crippen MR) is 188 cm³/mol. The molecule has 6 heteroatoms. The van der Waals surface area contributed by atoms with E-state index in [1.807, 2.05) is 36.4 Å². The molecule has 2 N–H and O–H groups in total. The molecule has 0 atom stereocenters. The van der Waals surface area contributed by atoms with Crippen LogP contribution in [0.15, 0.2) is 102 Å². The van der Waals surface area contributed by atoms with Gasteiger partial charge in [-0.2, -0.15) is 11.8 Å². The smallest absolute Gasteiger partial charge is 0.194 e. The van der Waals surface area contributed by atoms with Crippen molar-refractivity contribution < 1.29 is 9.90 Å². The highest BCUT2D eigenvalue weighted by Crippen LogP contribution is 2.42. The van der Waals surface area contributed by atoms with Gasteiger partial charge < -0.3 is 15.3 Å². The van der Waals surface area contributed by atoms with Crippen LogP contribution in [0.4, 0.5) is 22.7 Å². The molecule has 0 spiro atoms. The van der Waals surface area contributed by atoms with E-state index in [0.29, 0.717) is 12.2 Å². The van der Waals surface area contributed by atoms with Gasteiger partial charge in [0.15, 0.2) is 5.12 Å². The number of phenols is 1. The Morgan fingerprint density at radius 3 is 1.79 bits per heavy atom. The molecule has 0 heterocycles. The predicted octanol–water partition coefficient (Wildman–Crippen LogP) is 10.3. The summed E-state index contributed by atoms with van der Waals surface area (Å²) < 4.78 is 0. The Morgan fingerprint density at radius 1 is 0.721 bits per heavy atom. The van der Waals surface area contributed by atoms with E-state index in [4.69, 9.17) is 0 Å². The number of nitrogens with zero attached hydrogens (tertiary/aromatic N) is 1. The molecule has 4 aromatic rings. The first-order chi connectivity index (χ1) is 20.4. The average Bonchev–Trinajstić information content (AvgIpc) is 2.96. The Labute approximate surface area is 266 Å². The molecule has 0 aliphatic carbocycles. The molecule has 4 aromatic carbocycles. The number of aromatic hydroxyl groups is 1. The zero-order valence-electron chi connectivity index (χ0n) is 26.2. The first-order valence-corrected chi connectivity index (χ1v) is 16.8. The highest BCUT2D eigenvalue weighted by Gasteiger charge is 2.27. The number of hydrogen-bond acceptors (Lipinski definition) is 6. The van der Waals surface area contributed by atoms with Crippen LogP contribution in [-0.2, 0) is 15.6 Å². The topological polar surface area (TPSA) is 52.6 Å². The molecule has 0 bridgehead atoms. The van der Waals surface area contributed by atoms with Crippen molar-refractivity contribution in [1.29, 1.82) is 0 Å². The lowest BCUT2D eigenvalue weighted by molar-refractivity contribution is -0.110. The summed E-state index contributed by atoms with van der Waals surface area (Å²) in [6.07, 6.45) is 0.497. The van der Waals surface area contributed by atoms with E-state index in [-0.39, 0.29) is 15.9 Å². The maximum absolute atomic E-state index is 13.0. The van der Waals surface area contributed by atoms with Crippen molar-refractivity contribution in [1.82, 2.24) is 0 Å².